The Balaban J connectivity index is 1.97. The second kappa shape index (κ2) is 7.88. The number of likely N-dealkylation sites (tertiary alicyclic amines) is 1. The number of rotatable bonds is 5. The molecule has 1 aliphatic heterocycles. The summed E-state index contributed by atoms with van der Waals surface area (Å²) in [5, 5.41) is 2.00. The van der Waals surface area contributed by atoms with Crippen molar-refractivity contribution in [2.45, 2.75) is 32.0 Å². The Hall–Kier alpha value is -1.76. The molecule has 0 spiro atoms. The predicted molar refractivity (Wildman–Crippen MR) is 84.8 cm³/mol. The number of amides is 1. The molecule has 1 aliphatic rings. The van der Waals surface area contributed by atoms with Crippen LogP contribution in [0.1, 0.15) is 31.4 Å². The van der Waals surface area contributed by atoms with Crippen molar-refractivity contribution in [1.82, 2.24) is 10.2 Å². The van der Waals surface area contributed by atoms with Crippen molar-refractivity contribution < 1.29 is 22.7 Å². The fraction of sp³-hybridized carbons (Fsp3) is 0.588. The molecule has 1 fully saturated rings. The number of piperidine rings is 1. The Morgan fingerprint density at radius 3 is 2.88 bits per heavy atom. The van der Waals surface area contributed by atoms with Crippen LogP contribution in [0.2, 0.25) is 0 Å². The zero-order valence-corrected chi connectivity index (χ0v) is 13.9. The summed E-state index contributed by atoms with van der Waals surface area (Å²) < 4.78 is 42.0. The monoisotopic (exact) mass is 344 g/mol. The van der Waals surface area contributed by atoms with Gasteiger partial charge in [0, 0.05) is 12.6 Å². The minimum Gasteiger partial charge on any atom is -0.497 e. The van der Waals surface area contributed by atoms with E-state index in [0.29, 0.717) is 13.0 Å². The van der Waals surface area contributed by atoms with Gasteiger partial charge < -0.3 is 10.1 Å². The molecule has 0 aromatic heterocycles. The number of nitrogens with zero attached hydrogens (tertiary/aromatic N) is 1. The van der Waals surface area contributed by atoms with E-state index in [-0.39, 0.29) is 6.04 Å². The van der Waals surface area contributed by atoms with E-state index in [1.807, 2.05) is 36.5 Å². The van der Waals surface area contributed by atoms with Crippen molar-refractivity contribution in [2.75, 3.05) is 26.7 Å². The van der Waals surface area contributed by atoms with Gasteiger partial charge in [-0.05, 0) is 44.0 Å². The summed E-state index contributed by atoms with van der Waals surface area (Å²) in [5.41, 5.74) is 1.06. The minimum absolute atomic E-state index is 0.0679. The van der Waals surface area contributed by atoms with Crippen LogP contribution in [0.15, 0.2) is 24.3 Å². The van der Waals surface area contributed by atoms with Gasteiger partial charge in [-0.1, -0.05) is 12.1 Å². The number of hydrogen-bond donors (Lipinski definition) is 1. The van der Waals surface area contributed by atoms with Crippen LogP contribution in [-0.2, 0) is 4.79 Å². The van der Waals surface area contributed by atoms with Crippen LogP contribution >= 0.6 is 0 Å². The number of halogens is 3. The van der Waals surface area contributed by atoms with E-state index in [1.54, 1.807) is 7.11 Å². The summed E-state index contributed by atoms with van der Waals surface area (Å²) in [6.07, 6.45) is -2.97. The summed E-state index contributed by atoms with van der Waals surface area (Å²) in [6.45, 7) is 2.04. The Labute approximate surface area is 140 Å². The van der Waals surface area contributed by atoms with Crippen LogP contribution in [0.5, 0.6) is 5.75 Å². The van der Waals surface area contributed by atoms with E-state index in [9.17, 15) is 18.0 Å². The molecule has 2 atom stereocenters. The Kier molecular flexibility index (Phi) is 6.10. The fourth-order valence-electron chi connectivity index (χ4n) is 3.02. The van der Waals surface area contributed by atoms with Gasteiger partial charge >= 0.3 is 6.18 Å². The molecule has 24 heavy (non-hydrogen) atoms. The topological polar surface area (TPSA) is 41.6 Å². The Morgan fingerprint density at radius 1 is 1.46 bits per heavy atom. The highest BCUT2D eigenvalue weighted by atomic mass is 19.4. The molecule has 1 aromatic rings. The van der Waals surface area contributed by atoms with Gasteiger partial charge in [-0.2, -0.15) is 13.2 Å². The number of carbonyl (C=O) groups excluding carboxylic acids is 1. The molecular weight excluding hydrogens is 321 g/mol. The maximum atomic E-state index is 12.2. The molecular formula is C17H23F3N2O2. The standard InChI is InChI=1S/C17H23F3N2O2/c1-12(13-5-3-7-15(9-13)24-2)22-8-4-6-14(10-22)16(23)21-11-17(18,19)20/h3,5,7,9,12,14H,4,6,8,10-11H2,1-2H3,(H,21,23)/t12-,14+/m0/s1. The van der Waals surface area contributed by atoms with Crippen LogP contribution in [-0.4, -0.2) is 43.7 Å². The van der Waals surface area contributed by atoms with Crippen molar-refractivity contribution in [3.8, 4) is 5.75 Å². The molecule has 1 aromatic carbocycles. The third kappa shape index (κ3) is 5.12. The average molecular weight is 344 g/mol. The predicted octanol–water partition coefficient (Wildman–Crippen LogP) is 3.15. The third-order valence-electron chi connectivity index (χ3n) is 4.41. The van der Waals surface area contributed by atoms with Crippen molar-refractivity contribution >= 4 is 5.91 Å². The lowest BCUT2D eigenvalue weighted by molar-refractivity contribution is -0.142. The van der Waals surface area contributed by atoms with Crippen LogP contribution in [0, 0.1) is 5.92 Å². The molecule has 0 bridgehead atoms. The average Bonchev–Trinajstić information content (AvgIpc) is 2.58. The van der Waals surface area contributed by atoms with Gasteiger partial charge in [-0.25, -0.2) is 0 Å². The SMILES string of the molecule is COc1cccc([C@H](C)N2CCC[C@@H](C(=O)NCC(F)(F)F)C2)c1. The second-order valence-corrected chi connectivity index (χ2v) is 6.12. The molecule has 0 aliphatic carbocycles. The molecule has 134 valence electrons. The van der Waals surface area contributed by atoms with Gasteiger partial charge in [-0.3, -0.25) is 9.69 Å². The maximum absolute atomic E-state index is 12.2. The first-order valence-corrected chi connectivity index (χ1v) is 8.02. The highest BCUT2D eigenvalue weighted by Crippen LogP contribution is 2.28. The zero-order valence-electron chi connectivity index (χ0n) is 13.9. The third-order valence-corrected chi connectivity index (χ3v) is 4.41. The molecule has 1 saturated heterocycles. The van der Waals surface area contributed by atoms with E-state index in [2.05, 4.69) is 4.90 Å². The first kappa shape index (κ1) is 18.6. The second-order valence-electron chi connectivity index (χ2n) is 6.12. The molecule has 0 radical (unpaired) electrons. The summed E-state index contributed by atoms with van der Waals surface area (Å²) in [5.74, 6) is -0.167. The van der Waals surface area contributed by atoms with Crippen LogP contribution < -0.4 is 10.1 Å². The van der Waals surface area contributed by atoms with Gasteiger partial charge in [0.05, 0.1) is 13.0 Å². The van der Waals surface area contributed by atoms with Crippen LogP contribution in [0.25, 0.3) is 0 Å². The largest absolute Gasteiger partial charge is 0.497 e. The van der Waals surface area contributed by atoms with E-state index in [0.717, 1.165) is 24.3 Å². The number of nitrogens with one attached hydrogen (secondary N) is 1. The lowest BCUT2D eigenvalue weighted by atomic mass is 9.94. The summed E-state index contributed by atoms with van der Waals surface area (Å²) in [6, 6.07) is 7.76. The number of hydrogen-bond acceptors (Lipinski definition) is 3. The molecule has 2 rings (SSSR count). The number of alkyl halides is 3. The summed E-state index contributed by atoms with van der Waals surface area (Å²) >= 11 is 0. The van der Waals surface area contributed by atoms with E-state index in [1.165, 1.54) is 0 Å². The molecule has 1 N–H and O–H groups in total. The number of benzene rings is 1. The minimum atomic E-state index is -4.38. The number of carbonyl (C=O) groups is 1. The maximum Gasteiger partial charge on any atom is 0.405 e. The van der Waals surface area contributed by atoms with Crippen molar-refractivity contribution in [2.24, 2.45) is 5.92 Å². The van der Waals surface area contributed by atoms with E-state index >= 15 is 0 Å². The van der Waals surface area contributed by atoms with E-state index in [4.69, 9.17) is 4.74 Å². The molecule has 0 unspecified atom stereocenters. The van der Waals surface area contributed by atoms with Gasteiger partial charge in [-0.15, -0.1) is 0 Å². The molecule has 0 saturated carbocycles. The zero-order chi connectivity index (χ0) is 17.7. The van der Waals surface area contributed by atoms with Crippen molar-refractivity contribution in [1.29, 1.82) is 0 Å². The first-order chi connectivity index (χ1) is 11.3. The van der Waals surface area contributed by atoms with Crippen molar-refractivity contribution in [3.63, 3.8) is 0 Å². The molecule has 1 heterocycles. The van der Waals surface area contributed by atoms with Gasteiger partial charge in [0.15, 0.2) is 0 Å². The highest BCUT2D eigenvalue weighted by molar-refractivity contribution is 5.79. The molecule has 7 heteroatoms. The Bertz CT molecular complexity index is 563. The molecule has 4 nitrogen and oxygen atoms in total. The van der Waals surface area contributed by atoms with E-state index < -0.39 is 24.5 Å². The number of ether oxygens (including phenoxy) is 1. The van der Waals surface area contributed by atoms with Crippen LogP contribution in [0.3, 0.4) is 0 Å². The normalized spacial score (nSPS) is 20.5. The fourth-order valence-corrected chi connectivity index (χ4v) is 3.02. The van der Waals surface area contributed by atoms with Crippen LogP contribution in [0.4, 0.5) is 13.2 Å². The smallest absolute Gasteiger partial charge is 0.405 e. The lowest BCUT2D eigenvalue weighted by Gasteiger charge is -2.36. The molecule has 1 amide bonds. The summed E-state index contributed by atoms with van der Waals surface area (Å²) in [4.78, 5) is 14.1. The first-order valence-electron chi connectivity index (χ1n) is 8.02. The van der Waals surface area contributed by atoms with Gasteiger partial charge in [0.1, 0.15) is 12.3 Å². The Morgan fingerprint density at radius 2 is 2.21 bits per heavy atom. The highest BCUT2D eigenvalue weighted by Gasteiger charge is 2.32. The van der Waals surface area contributed by atoms with Crippen molar-refractivity contribution in [3.05, 3.63) is 29.8 Å². The summed E-state index contributed by atoms with van der Waals surface area (Å²) in [7, 11) is 1.60. The number of methoxy groups -OCH3 is 1. The van der Waals surface area contributed by atoms with Gasteiger partial charge in [0.2, 0.25) is 5.91 Å². The van der Waals surface area contributed by atoms with Gasteiger partial charge in [0.25, 0.3) is 0 Å². The lowest BCUT2D eigenvalue weighted by Crippen LogP contribution is -2.45. The quantitative estimate of drug-likeness (QED) is 0.892.